The van der Waals surface area contributed by atoms with Gasteiger partial charge < -0.3 is 5.32 Å². The van der Waals surface area contributed by atoms with Crippen LogP contribution in [0.2, 0.25) is 0 Å². The molecule has 1 N–H and O–H groups in total. The van der Waals surface area contributed by atoms with Crippen molar-refractivity contribution in [2.45, 2.75) is 33.6 Å². The number of carbonyl (C=O) groups excluding carboxylic acids is 1. The van der Waals surface area contributed by atoms with E-state index in [2.05, 4.69) is 24.3 Å². The number of rotatable bonds is 2. The van der Waals surface area contributed by atoms with E-state index in [9.17, 15) is 9.18 Å². The summed E-state index contributed by atoms with van der Waals surface area (Å²) in [5.74, 6) is -0.203. The molecule has 0 unspecified atom stereocenters. The molecule has 1 heterocycles. The van der Waals surface area contributed by atoms with E-state index >= 15 is 0 Å². The van der Waals surface area contributed by atoms with E-state index in [4.69, 9.17) is 0 Å². The molecular formula is C17H20FN3O. The van der Waals surface area contributed by atoms with Crippen molar-refractivity contribution in [3.8, 4) is 5.69 Å². The van der Waals surface area contributed by atoms with E-state index < -0.39 is 0 Å². The Morgan fingerprint density at radius 2 is 2.05 bits per heavy atom. The molecule has 116 valence electrons. The number of Topliss-reactive ketones (excluding diaryl/α,β-unsaturated/α-hetero) is 1. The molecule has 0 atom stereocenters. The normalized spacial score (nSPS) is 16.5. The minimum absolute atomic E-state index is 0.0994. The first kappa shape index (κ1) is 14.8. The molecule has 22 heavy (non-hydrogen) atoms. The number of fused-ring (bicyclic) bond motifs is 1. The Labute approximate surface area is 129 Å². The summed E-state index contributed by atoms with van der Waals surface area (Å²) in [6.07, 6.45) is 1.28. The molecule has 0 amide bonds. The second-order valence-corrected chi connectivity index (χ2v) is 6.67. The summed E-state index contributed by atoms with van der Waals surface area (Å²) in [5, 5.41) is 7.29. The number of benzene rings is 1. The molecule has 4 nitrogen and oxygen atoms in total. The van der Waals surface area contributed by atoms with Gasteiger partial charge in [0.05, 0.1) is 28.3 Å². The van der Waals surface area contributed by atoms with E-state index in [1.54, 1.807) is 17.8 Å². The van der Waals surface area contributed by atoms with Gasteiger partial charge in [-0.25, -0.2) is 9.07 Å². The molecule has 0 aliphatic heterocycles. The highest BCUT2D eigenvalue weighted by Crippen LogP contribution is 2.37. The maximum Gasteiger partial charge on any atom is 0.167 e. The van der Waals surface area contributed by atoms with Gasteiger partial charge >= 0.3 is 0 Å². The van der Waals surface area contributed by atoms with E-state index in [1.165, 1.54) is 6.07 Å². The number of anilines is 1. The summed E-state index contributed by atoms with van der Waals surface area (Å²) >= 11 is 0. The van der Waals surface area contributed by atoms with E-state index in [0.717, 1.165) is 12.1 Å². The molecule has 1 aromatic carbocycles. The Morgan fingerprint density at radius 3 is 2.68 bits per heavy atom. The third-order valence-electron chi connectivity index (χ3n) is 4.19. The van der Waals surface area contributed by atoms with Gasteiger partial charge in [0, 0.05) is 19.5 Å². The minimum Gasteiger partial charge on any atom is -0.386 e. The lowest BCUT2D eigenvalue weighted by atomic mass is 9.75. The van der Waals surface area contributed by atoms with Crippen LogP contribution in [-0.2, 0) is 6.42 Å². The second-order valence-electron chi connectivity index (χ2n) is 6.67. The van der Waals surface area contributed by atoms with E-state index in [-0.39, 0.29) is 17.0 Å². The molecule has 1 aliphatic rings. The van der Waals surface area contributed by atoms with Crippen LogP contribution in [0.4, 0.5) is 10.1 Å². The van der Waals surface area contributed by atoms with Crippen molar-refractivity contribution in [3.63, 3.8) is 0 Å². The van der Waals surface area contributed by atoms with Gasteiger partial charge in [-0.2, -0.15) is 5.10 Å². The van der Waals surface area contributed by atoms with Crippen LogP contribution in [0.15, 0.2) is 18.2 Å². The summed E-state index contributed by atoms with van der Waals surface area (Å²) < 4.78 is 15.7. The zero-order valence-corrected chi connectivity index (χ0v) is 13.3. The van der Waals surface area contributed by atoms with Crippen LogP contribution in [0.3, 0.4) is 0 Å². The quantitative estimate of drug-likeness (QED) is 0.923. The van der Waals surface area contributed by atoms with Gasteiger partial charge in [-0.3, -0.25) is 4.79 Å². The number of nitrogens with one attached hydrogen (secondary N) is 1. The molecular weight excluding hydrogens is 281 g/mol. The molecule has 0 saturated heterocycles. The zero-order valence-electron chi connectivity index (χ0n) is 13.3. The maximum absolute atomic E-state index is 14.0. The number of aryl methyl sites for hydroxylation is 1. The number of hydrogen-bond acceptors (Lipinski definition) is 3. The van der Waals surface area contributed by atoms with Crippen LogP contribution in [0.5, 0.6) is 0 Å². The molecule has 0 saturated carbocycles. The Morgan fingerprint density at radius 1 is 1.32 bits per heavy atom. The highest BCUT2D eigenvalue weighted by molar-refractivity contribution is 5.99. The van der Waals surface area contributed by atoms with E-state index in [1.807, 2.05) is 13.0 Å². The predicted molar refractivity (Wildman–Crippen MR) is 84.2 cm³/mol. The molecule has 2 aromatic rings. The van der Waals surface area contributed by atoms with Crippen LogP contribution in [-0.4, -0.2) is 22.6 Å². The molecule has 0 radical (unpaired) electrons. The summed E-state index contributed by atoms with van der Waals surface area (Å²) in [6, 6.07) is 4.95. The lowest BCUT2D eigenvalue weighted by Crippen LogP contribution is -2.28. The fourth-order valence-electron chi connectivity index (χ4n) is 3.19. The second kappa shape index (κ2) is 4.93. The van der Waals surface area contributed by atoms with Crippen LogP contribution in [0, 0.1) is 18.2 Å². The first-order valence-electron chi connectivity index (χ1n) is 7.42. The predicted octanol–water partition coefficient (Wildman–Crippen LogP) is 3.52. The molecule has 0 bridgehead atoms. The van der Waals surface area contributed by atoms with Gasteiger partial charge in [0.2, 0.25) is 0 Å². The Kier molecular flexibility index (Phi) is 3.31. The minimum atomic E-state index is -0.330. The van der Waals surface area contributed by atoms with Gasteiger partial charge in [0.15, 0.2) is 5.78 Å². The SMILES string of the molecule is CNc1ccc(-n2nc(C)c3c2CC(C)(C)CC3=O)cc1F. The first-order valence-corrected chi connectivity index (χ1v) is 7.42. The van der Waals surface area contributed by atoms with Gasteiger partial charge in [-0.15, -0.1) is 0 Å². The summed E-state index contributed by atoms with van der Waals surface area (Å²) in [5.41, 5.74) is 3.29. The number of ketones is 1. The highest BCUT2D eigenvalue weighted by atomic mass is 19.1. The lowest BCUT2D eigenvalue weighted by molar-refractivity contribution is 0.0910. The molecule has 0 fully saturated rings. The monoisotopic (exact) mass is 301 g/mol. The van der Waals surface area contributed by atoms with Gasteiger partial charge in [0.25, 0.3) is 0 Å². The van der Waals surface area contributed by atoms with Crippen LogP contribution >= 0.6 is 0 Å². The van der Waals surface area contributed by atoms with E-state index in [0.29, 0.717) is 29.1 Å². The molecule has 0 spiro atoms. The maximum atomic E-state index is 14.0. The average Bonchev–Trinajstić information content (AvgIpc) is 2.74. The fraction of sp³-hybridized carbons (Fsp3) is 0.412. The average molecular weight is 301 g/mol. The summed E-state index contributed by atoms with van der Waals surface area (Å²) in [6.45, 7) is 5.99. The van der Waals surface area contributed by atoms with Gasteiger partial charge in [-0.1, -0.05) is 13.8 Å². The fourth-order valence-corrected chi connectivity index (χ4v) is 3.19. The third-order valence-corrected chi connectivity index (χ3v) is 4.19. The van der Waals surface area contributed by atoms with Crippen LogP contribution < -0.4 is 5.32 Å². The van der Waals surface area contributed by atoms with Crippen molar-refractivity contribution in [2.24, 2.45) is 5.41 Å². The van der Waals surface area contributed by atoms with Crippen molar-refractivity contribution in [1.82, 2.24) is 9.78 Å². The molecule has 1 aliphatic carbocycles. The Hall–Kier alpha value is -2.17. The number of carbonyl (C=O) groups is 1. The van der Waals surface area contributed by atoms with Crippen molar-refractivity contribution < 1.29 is 9.18 Å². The number of hydrogen-bond donors (Lipinski definition) is 1. The zero-order chi connectivity index (χ0) is 16.1. The molecule has 1 aromatic heterocycles. The largest absolute Gasteiger partial charge is 0.386 e. The number of nitrogens with zero attached hydrogens (tertiary/aromatic N) is 2. The first-order chi connectivity index (χ1) is 10.3. The van der Waals surface area contributed by atoms with Crippen molar-refractivity contribution in [1.29, 1.82) is 0 Å². The Bertz CT molecular complexity index is 762. The smallest absolute Gasteiger partial charge is 0.167 e. The molecule has 3 rings (SSSR count). The third kappa shape index (κ3) is 2.30. The summed E-state index contributed by atoms with van der Waals surface area (Å²) in [4.78, 5) is 12.4. The van der Waals surface area contributed by atoms with Crippen molar-refractivity contribution in [2.75, 3.05) is 12.4 Å². The highest BCUT2D eigenvalue weighted by Gasteiger charge is 2.35. The standard InChI is InChI=1S/C17H20FN3O/c1-10-16-14(8-17(2,3)9-15(16)22)21(20-10)11-5-6-13(19-4)12(18)7-11/h5-7,19H,8-9H2,1-4H3. The van der Waals surface area contributed by atoms with Gasteiger partial charge in [-0.05, 0) is 30.9 Å². The van der Waals surface area contributed by atoms with Gasteiger partial charge in [0.1, 0.15) is 5.82 Å². The lowest BCUT2D eigenvalue weighted by Gasteiger charge is -2.29. The topological polar surface area (TPSA) is 46.9 Å². The summed E-state index contributed by atoms with van der Waals surface area (Å²) in [7, 11) is 1.68. The van der Waals surface area contributed by atoms with Crippen molar-refractivity contribution >= 4 is 11.5 Å². The number of halogens is 1. The van der Waals surface area contributed by atoms with Crippen LogP contribution in [0.25, 0.3) is 5.69 Å². The Balaban J connectivity index is 2.16. The van der Waals surface area contributed by atoms with Crippen molar-refractivity contribution in [3.05, 3.63) is 41.0 Å². The van der Waals surface area contributed by atoms with Crippen LogP contribution in [0.1, 0.15) is 42.0 Å². The number of aromatic nitrogens is 2. The molecule has 5 heteroatoms.